The van der Waals surface area contributed by atoms with Gasteiger partial charge in [0.25, 0.3) is 0 Å². The Bertz CT molecular complexity index is 429. The average molecular weight is 226 g/mol. The lowest BCUT2D eigenvalue weighted by Crippen LogP contribution is -2.33. The highest BCUT2D eigenvalue weighted by Crippen LogP contribution is 1.98. The number of carboxylic acid groups (broad SMARTS) is 1. The molecule has 7 nitrogen and oxygen atoms in total. The first-order valence-electron chi connectivity index (χ1n) is 4.79. The van der Waals surface area contributed by atoms with Gasteiger partial charge in [0, 0.05) is 25.2 Å². The molecule has 0 unspecified atom stereocenters. The van der Waals surface area contributed by atoms with Crippen LogP contribution in [0.4, 0.5) is 5.82 Å². The van der Waals surface area contributed by atoms with Crippen molar-refractivity contribution in [3.8, 4) is 0 Å². The summed E-state index contributed by atoms with van der Waals surface area (Å²) in [4.78, 5) is 25.2. The number of nitrogen functional groups attached to an aromatic ring is 1. The number of nitrogens with two attached hydrogens (primary N) is 2. The predicted molar refractivity (Wildman–Crippen MR) is 57.8 cm³/mol. The minimum Gasteiger partial charge on any atom is -0.481 e. The standard InChI is InChI=1S/C9H14N4O3/c10-6(1-2-8(14)15)5-13-4-3-7(11)12-9(13)16/h3-4,6H,1-2,5,10H2,(H,14,15)(H2,11,12,16)/t6-/m0/s1. The summed E-state index contributed by atoms with van der Waals surface area (Å²) in [6.07, 6.45) is 1.79. The largest absolute Gasteiger partial charge is 0.481 e. The first kappa shape index (κ1) is 12.2. The topological polar surface area (TPSA) is 124 Å². The number of rotatable bonds is 5. The van der Waals surface area contributed by atoms with Gasteiger partial charge >= 0.3 is 11.7 Å². The fourth-order valence-electron chi connectivity index (χ4n) is 1.23. The summed E-state index contributed by atoms with van der Waals surface area (Å²) in [6.45, 7) is 0.236. The molecule has 0 aromatic carbocycles. The van der Waals surface area contributed by atoms with Crippen molar-refractivity contribution in [1.29, 1.82) is 0 Å². The highest BCUT2D eigenvalue weighted by Gasteiger charge is 2.08. The quantitative estimate of drug-likeness (QED) is 0.592. The molecule has 5 N–H and O–H groups in total. The summed E-state index contributed by atoms with van der Waals surface area (Å²) in [7, 11) is 0. The van der Waals surface area contributed by atoms with E-state index in [2.05, 4.69) is 4.98 Å². The van der Waals surface area contributed by atoms with Gasteiger partial charge in [-0.15, -0.1) is 0 Å². The molecule has 16 heavy (non-hydrogen) atoms. The maximum Gasteiger partial charge on any atom is 0.349 e. The van der Waals surface area contributed by atoms with E-state index >= 15 is 0 Å². The van der Waals surface area contributed by atoms with Gasteiger partial charge in [-0.2, -0.15) is 4.98 Å². The van der Waals surface area contributed by atoms with Crippen molar-refractivity contribution in [2.24, 2.45) is 5.73 Å². The van der Waals surface area contributed by atoms with Crippen LogP contribution < -0.4 is 17.2 Å². The fourth-order valence-corrected chi connectivity index (χ4v) is 1.23. The maximum atomic E-state index is 11.3. The Morgan fingerprint density at radius 3 is 2.88 bits per heavy atom. The molecule has 7 heteroatoms. The monoisotopic (exact) mass is 226 g/mol. The second-order valence-electron chi connectivity index (χ2n) is 3.48. The summed E-state index contributed by atoms with van der Waals surface area (Å²) in [5, 5.41) is 8.47. The van der Waals surface area contributed by atoms with Crippen molar-refractivity contribution in [1.82, 2.24) is 9.55 Å². The van der Waals surface area contributed by atoms with Gasteiger partial charge in [-0.3, -0.25) is 9.36 Å². The number of carboxylic acids is 1. The van der Waals surface area contributed by atoms with Crippen LogP contribution in [0.15, 0.2) is 17.1 Å². The van der Waals surface area contributed by atoms with Crippen molar-refractivity contribution >= 4 is 11.8 Å². The van der Waals surface area contributed by atoms with E-state index < -0.39 is 11.7 Å². The first-order chi connectivity index (χ1) is 7.49. The van der Waals surface area contributed by atoms with Crippen molar-refractivity contribution < 1.29 is 9.90 Å². The summed E-state index contributed by atoms with van der Waals surface area (Å²) < 4.78 is 1.31. The average Bonchev–Trinajstić information content (AvgIpc) is 2.19. The molecule has 0 aliphatic rings. The molecule has 0 bridgehead atoms. The van der Waals surface area contributed by atoms with Gasteiger partial charge < -0.3 is 16.6 Å². The zero-order chi connectivity index (χ0) is 12.1. The number of carbonyl (C=O) groups is 1. The molecule has 88 valence electrons. The molecule has 1 heterocycles. The van der Waals surface area contributed by atoms with E-state index in [4.69, 9.17) is 16.6 Å². The number of nitrogens with zero attached hydrogens (tertiary/aromatic N) is 2. The second kappa shape index (κ2) is 5.26. The molecular formula is C9H14N4O3. The normalized spacial score (nSPS) is 12.3. The van der Waals surface area contributed by atoms with Crippen LogP contribution in [0.3, 0.4) is 0 Å². The van der Waals surface area contributed by atoms with E-state index in [0.29, 0.717) is 6.42 Å². The Balaban J connectivity index is 2.59. The van der Waals surface area contributed by atoms with Gasteiger partial charge in [0.05, 0.1) is 0 Å². The molecule has 0 aliphatic carbocycles. The Morgan fingerprint density at radius 2 is 2.31 bits per heavy atom. The number of aliphatic carboxylic acids is 1. The van der Waals surface area contributed by atoms with Crippen LogP contribution >= 0.6 is 0 Å². The molecule has 1 rings (SSSR count). The van der Waals surface area contributed by atoms with Gasteiger partial charge in [-0.25, -0.2) is 4.79 Å². The van der Waals surface area contributed by atoms with Gasteiger partial charge in [0.15, 0.2) is 0 Å². The summed E-state index contributed by atoms with van der Waals surface area (Å²) in [6, 6.07) is 1.10. The van der Waals surface area contributed by atoms with E-state index in [1.165, 1.54) is 16.8 Å². The summed E-state index contributed by atoms with van der Waals surface area (Å²) in [5.74, 6) is -0.751. The third-order valence-corrected chi connectivity index (χ3v) is 2.06. The van der Waals surface area contributed by atoms with Gasteiger partial charge in [-0.1, -0.05) is 0 Å². The molecule has 0 spiro atoms. The van der Waals surface area contributed by atoms with Crippen LogP contribution in [-0.2, 0) is 11.3 Å². The third-order valence-electron chi connectivity index (χ3n) is 2.06. The molecular weight excluding hydrogens is 212 g/mol. The molecule has 1 aromatic heterocycles. The first-order valence-corrected chi connectivity index (χ1v) is 4.79. The van der Waals surface area contributed by atoms with Crippen LogP contribution in [0.2, 0.25) is 0 Å². The van der Waals surface area contributed by atoms with E-state index in [9.17, 15) is 9.59 Å². The third kappa shape index (κ3) is 3.70. The highest BCUT2D eigenvalue weighted by molar-refractivity contribution is 5.66. The van der Waals surface area contributed by atoms with E-state index in [1.807, 2.05) is 0 Å². The zero-order valence-electron chi connectivity index (χ0n) is 8.67. The number of hydrogen-bond acceptors (Lipinski definition) is 5. The number of hydrogen-bond donors (Lipinski definition) is 3. The van der Waals surface area contributed by atoms with Crippen LogP contribution in [-0.4, -0.2) is 26.7 Å². The minimum atomic E-state index is -0.904. The lowest BCUT2D eigenvalue weighted by Gasteiger charge is -2.11. The molecule has 0 radical (unpaired) electrons. The molecule has 1 atom stereocenters. The van der Waals surface area contributed by atoms with Crippen LogP contribution in [0.25, 0.3) is 0 Å². The van der Waals surface area contributed by atoms with Crippen molar-refractivity contribution in [2.75, 3.05) is 5.73 Å². The summed E-state index contributed by atoms with van der Waals surface area (Å²) in [5.41, 5.74) is 10.5. The molecule has 0 amide bonds. The van der Waals surface area contributed by atoms with Crippen LogP contribution in [0, 0.1) is 0 Å². The smallest absolute Gasteiger partial charge is 0.349 e. The van der Waals surface area contributed by atoms with Gasteiger partial charge in [-0.05, 0) is 12.5 Å². The highest BCUT2D eigenvalue weighted by atomic mass is 16.4. The maximum absolute atomic E-state index is 11.3. The zero-order valence-corrected chi connectivity index (χ0v) is 8.67. The lowest BCUT2D eigenvalue weighted by atomic mass is 10.1. The molecule has 0 fully saturated rings. The van der Waals surface area contributed by atoms with E-state index in [-0.39, 0.29) is 24.8 Å². The second-order valence-corrected chi connectivity index (χ2v) is 3.48. The summed E-state index contributed by atoms with van der Waals surface area (Å²) >= 11 is 0. The Kier molecular flexibility index (Phi) is 4.01. The van der Waals surface area contributed by atoms with Gasteiger partial charge in [0.2, 0.25) is 0 Å². The Labute approximate surface area is 91.7 Å². The molecule has 0 saturated heterocycles. The molecule has 1 aromatic rings. The van der Waals surface area contributed by atoms with E-state index in [0.717, 1.165) is 0 Å². The Hall–Kier alpha value is -1.89. The van der Waals surface area contributed by atoms with Gasteiger partial charge in [0.1, 0.15) is 5.82 Å². The fraction of sp³-hybridized carbons (Fsp3) is 0.444. The van der Waals surface area contributed by atoms with Crippen LogP contribution in [0.1, 0.15) is 12.8 Å². The lowest BCUT2D eigenvalue weighted by molar-refractivity contribution is -0.137. The molecule has 0 saturated carbocycles. The van der Waals surface area contributed by atoms with Crippen molar-refractivity contribution in [3.05, 3.63) is 22.7 Å². The SMILES string of the molecule is Nc1ccn(C[C@@H](N)CCC(=O)O)c(=O)n1. The molecule has 0 aliphatic heterocycles. The number of anilines is 1. The van der Waals surface area contributed by atoms with Crippen molar-refractivity contribution in [2.45, 2.75) is 25.4 Å². The number of aromatic nitrogens is 2. The minimum absolute atomic E-state index is 0.0156. The predicted octanol–water partition coefficient (Wildman–Crippen LogP) is -0.982. The Morgan fingerprint density at radius 1 is 1.62 bits per heavy atom. The van der Waals surface area contributed by atoms with Crippen molar-refractivity contribution in [3.63, 3.8) is 0 Å². The van der Waals surface area contributed by atoms with E-state index in [1.54, 1.807) is 0 Å². The van der Waals surface area contributed by atoms with Crippen LogP contribution in [0.5, 0.6) is 0 Å².